The predicted octanol–water partition coefficient (Wildman–Crippen LogP) is -0.794. The molecular weight excluding hydrogens is 74.9 g/mol. The molecule has 0 unspecified atom stereocenters. The fourth-order valence-corrected chi connectivity index (χ4v) is 0.432. The fraction of sp³-hybridized carbons (Fsp3) is 1.00. The molecule has 34 valence electrons. The van der Waals surface area contributed by atoms with E-state index in [1.165, 1.54) is 13.1 Å². The fourth-order valence-electron chi connectivity index (χ4n) is 0.432. The van der Waals surface area contributed by atoms with Gasteiger partial charge in [-0.25, -0.2) is 0 Å². The van der Waals surface area contributed by atoms with Crippen LogP contribution in [0.2, 0.25) is 6.82 Å². The molecule has 2 nitrogen and oxygen atoms in total. The molecule has 1 saturated heterocycles. The van der Waals surface area contributed by atoms with Crippen LogP contribution >= 0.6 is 0 Å². The van der Waals surface area contributed by atoms with E-state index < -0.39 is 0 Å². The monoisotopic (exact) mass is 84.1 g/mol. The first-order chi connectivity index (χ1) is 2.93. The van der Waals surface area contributed by atoms with Crippen LogP contribution in [0.25, 0.3) is 0 Å². The number of nitrogens with one attached hydrogen (secondary N) is 1. The second-order valence-corrected chi connectivity index (χ2v) is 1.50. The molecule has 0 bridgehead atoms. The Labute approximate surface area is 38.8 Å². The van der Waals surface area contributed by atoms with E-state index in [0.717, 1.165) is 7.41 Å². The van der Waals surface area contributed by atoms with E-state index in [0.29, 0.717) is 0 Å². The number of hydrazine groups is 1. The highest BCUT2D eigenvalue weighted by atomic mass is 15.6. The minimum Gasteiger partial charge on any atom is -0.299 e. The van der Waals surface area contributed by atoms with Crippen LogP contribution in [0.15, 0.2) is 0 Å². The molecule has 1 aliphatic rings. The molecule has 0 aromatic carbocycles. The molecule has 0 aromatic rings. The highest BCUT2D eigenvalue weighted by Gasteiger charge is 2.13. The van der Waals surface area contributed by atoms with Gasteiger partial charge >= 0.3 is 0 Å². The Hall–Kier alpha value is -0.0151. The lowest BCUT2D eigenvalue weighted by atomic mass is 10.0. The van der Waals surface area contributed by atoms with Crippen molar-refractivity contribution in [3.8, 4) is 0 Å². The topological polar surface area (TPSA) is 15.0 Å². The van der Waals surface area contributed by atoms with Crippen LogP contribution < -0.4 is 5.34 Å². The molecule has 0 aliphatic carbocycles. The maximum absolute atomic E-state index is 3.15. The van der Waals surface area contributed by atoms with Gasteiger partial charge in [0.1, 0.15) is 0 Å². The number of hydrogen-bond acceptors (Lipinski definition) is 2. The Kier molecular flexibility index (Phi) is 1.12. The largest absolute Gasteiger partial charge is 0.299 e. The van der Waals surface area contributed by atoms with E-state index in [1.54, 1.807) is 0 Å². The SMILES string of the molecule is CBNN1CC1. The minimum atomic E-state index is 1.07. The van der Waals surface area contributed by atoms with E-state index in [9.17, 15) is 0 Å². The third kappa shape index (κ3) is 0.991. The van der Waals surface area contributed by atoms with Crippen LogP contribution in [0.3, 0.4) is 0 Å². The second kappa shape index (κ2) is 1.62. The lowest BCUT2D eigenvalue weighted by Gasteiger charge is -1.93. The summed E-state index contributed by atoms with van der Waals surface area (Å²) < 4.78 is 0. The number of nitrogens with zero attached hydrogens (tertiary/aromatic N) is 1. The Morgan fingerprint density at radius 3 is 2.50 bits per heavy atom. The Morgan fingerprint density at radius 2 is 2.33 bits per heavy atom. The van der Waals surface area contributed by atoms with Crippen molar-refractivity contribution in [1.29, 1.82) is 0 Å². The summed E-state index contributed by atoms with van der Waals surface area (Å²) in [6.45, 7) is 4.60. The molecule has 1 fully saturated rings. The van der Waals surface area contributed by atoms with Crippen molar-refractivity contribution >= 4 is 7.41 Å². The van der Waals surface area contributed by atoms with Gasteiger partial charge in [-0.05, 0) is 0 Å². The average molecular weight is 83.9 g/mol. The van der Waals surface area contributed by atoms with Crippen LogP contribution in [0, 0.1) is 0 Å². The normalized spacial score (nSPS) is 20.8. The van der Waals surface area contributed by atoms with Crippen LogP contribution in [0.5, 0.6) is 0 Å². The number of rotatable bonds is 2. The lowest BCUT2D eigenvalue weighted by molar-refractivity contribution is 0.525. The van der Waals surface area contributed by atoms with Crippen molar-refractivity contribution in [2.24, 2.45) is 0 Å². The molecule has 1 heterocycles. The van der Waals surface area contributed by atoms with E-state index in [2.05, 4.69) is 17.2 Å². The first-order valence-corrected chi connectivity index (χ1v) is 2.42. The molecule has 0 radical (unpaired) electrons. The summed E-state index contributed by atoms with van der Waals surface area (Å²) in [5.41, 5.74) is 0. The molecule has 3 heteroatoms. The smallest absolute Gasteiger partial charge is 0.216 e. The van der Waals surface area contributed by atoms with E-state index in [1.807, 2.05) is 0 Å². The van der Waals surface area contributed by atoms with Crippen molar-refractivity contribution in [3.63, 3.8) is 0 Å². The second-order valence-electron chi connectivity index (χ2n) is 1.50. The minimum absolute atomic E-state index is 1.07. The van der Waals surface area contributed by atoms with E-state index in [-0.39, 0.29) is 0 Å². The molecule has 1 aliphatic heterocycles. The Bertz CT molecular complexity index is 44.1. The summed E-state index contributed by atoms with van der Waals surface area (Å²) in [5, 5.41) is 5.33. The van der Waals surface area contributed by atoms with Gasteiger partial charge < -0.3 is 0 Å². The molecule has 0 aromatic heterocycles. The van der Waals surface area contributed by atoms with Gasteiger partial charge in [-0.15, -0.1) is 0 Å². The van der Waals surface area contributed by atoms with Gasteiger partial charge in [-0.3, -0.25) is 10.3 Å². The molecule has 6 heavy (non-hydrogen) atoms. The zero-order valence-electron chi connectivity index (χ0n) is 4.07. The van der Waals surface area contributed by atoms with Crippen LogP contribution in [-0.2, 0) is 0 Å². The summed E-state index contributed by atoms with van der Waals surface area (Å²) >= 11 is 0. The molecule has 1 N–H and O–H groups in total. The summed E-state index contributed by atoms with van der Waals surface area (Å²) in [4.78, 5) is 0. The standard InChI is InChI=1S/C3H9BN2/c1-4-5-6-2-3-6/h4-5H,2-3H2,1H3. The molecular formula is C3H9BN2. The molecule has 1 rings (SSSR count). The maximum Gasteiger partial charge on any atom is 0.216 e. The van der Waals surface area contributed by atoms with Gasteiger partial charge in [-0.1, -0.05) is 6.82 Å². The number of hydrogen-bond donors (Lipinski definition) is 1. The maximum atomic E-state index is 3.15. The zero-order chi connectivity index (χ0) is 4.41. The summed E-state index contributed by atoms with van der Waals surface area (Å²) in [6, 6.07) is 0. The van der Waals surface area contributed by atoms with Crippen LogP contribution in [-0.4, -0.2) is 25.5 Å². The third-order valence-corrected chi connectivity index (χ3v) is 0.829. The highest BCUT2D eigenvalue weighted by Crippen LogP contribution is 1.93. The van der Waals surface area contributed by atoms with E-state index >= 15 is 0 Å². The quantitative estimate of drug-likeness (QED) is 0.348. The zero-order valence-corrected chi connectivity index (χ0v) is 4.07. The lowest BCUT2D eigenvalue weighted by Crippen LogP contribution is -2.22. The van der Waals surface area contributed by atoms with Gasteiger partial charge in [0.05, 0.1) is 0 Å². The summed E-state index contributed by atoms with van der Waals surface area (Å²) in [5.74, 6) is 0. The molecule has 0 amide bonds. The van der Waals surface area contributed by atoms with Gasteiger partial charge in [0.15, 0.2) is 0 Å². The van der Waals surface area contributed by atoms with Gasteiger partial charge in [0, 0.05) is 13.1 Å². The Morgan fingerprint density at radius 1 is 1.67 bits per heavy atom. The van der Waals surface area contributed by atoms with Crippen molar-refractivity contribution in [3.05, 3.63) is 0 Å². The van der Waals surface area contributed by atoms with Crippen molar-refractivity contribution in [2.45, 2.75) is 6.82 Å². The first-order valence-electron chi connectivity index (χ1n) is 2.42. The van der Waals surface area contributed by atoms with Gasteiger partial charge in [0.2, 0.25) is 7.41 Å². The van der Waals surface area contributed by atoms with Crippen molar-refractivity contribution in [1.82, 2.24) is 10.3 Å². The summed E-state index contributed by atoms with van der Waals surface area (Å²) in [6.07, 6.45) is 0. The first kappa shape index (κ1) is 4.15. The van der Waals surface area contributed by atoms with Gasteiger partial charge in [0.25, 0.3) is 0 Å². The molecule has 0 atom stereocenters. The van der Waals surface area contributed by atoms with Crippen LogP contribution in [0.4, 0.5) is 0 Å². The Balaban J connectivity index is 1.88. The third-order valence-electron chi connectivity index (χ3n) is 0.829. The van der Waals surface area contributed by atoms with Crippen molar-refractivity contribution in [2.75, 3.05) is 13.1 Å². The highest BCUT2D eigenvalue weighted by molar-refractivity contribution is 6.29. The van der Waals surface area contributed by atoms with Crippen molar-refractivity contribution < 1.29 is 0 Å². The summed E-state index contributed by atoms with van der Waals surface area (Å²) in [7, 11) is 1.07. The predicted molar refractivity (Wildman–Crippen MR) is 27.7 cm³/mol. The van der Waals surface area contributed by atoms with Gasteiger partial charge in [-0.2, -0.15) is 0 Å². The molecule has 0 saturated carbocycles. The average Bonchev–Trinajstić information content (AvgIpc) is 2.21. The van der Waals surface area contributed by atoms with Crippen LogP contribution in [0.1, 0.15) is 0 Å². The van der Waals surface area contributed by atoms with E-state index in [4.69, 9.17) is 0 Å². The molecule has 0 spiro atoms.